The summed E-state index contributed by atoms with van der Waals surface area (Å²) in [7, 11) is 0. The third-order valence-corrected chi connectivity index (χ3v) is 2.68. The molecule has 2 heterocycles. The third kappa shape index (κ3) is 1.91. The smallest absolute Gasteiger partial charge is 0.159 e. The molecule has 84 valence electrons. The zero-order chi connectivity index (χ0) is 10.8. The van der Waals surface area contributed by atoms with Gasteiger partial charge in [0, 0.05) is 12.7 Å². The molecular formula is C10H15NO4. The van der Waals surface area contributed by atoms with E-state index in [1.165, 1.54) is 0 Å². The van der Waals surface area contributed by atoms with Crippen LogP contribution in [-0.4, -0.2) is 57.9 Å². The molecule has 1 fully saturated rings. The van der Waals surface area contributed by atoms with Crippen molar-refractivity contribution < 1.29 is 20.1 Å². The number of hydrogen-bond donors (Lipinski definition) is 3. The van der Waals surface area contributed by atoms with Gasteiger partial charge in [-0.2, -0.15) is 0 Å². The molecule has 4 unspecified atom stereocenters. The second kappa shape index (κ2) is 4.32. The molecule has 0 aromatic carbocycles. The Balaban J connectivity index is 2.04. The average molecular weight is 213 g/mol. The molecule has 0 aromatic heterocycles. The lowest BCUT2D eigenvalue weighted by molar-refractivity contribution is -0.0765. The molecule has 1 saturated heterocycles. The van der Waals surface area contributed by atoms with Gasteiger partial charge in [0.05, 0.1) is 6.61 Å². The highest BCUT2D eigenvalue weighted by Crippen LogP contribution is 2.24. The number of hydrogen-bond acceptors (Lipinski definition) is 5. The summed E-state index contributed by atoms with van der Waals surface area (Å²) < 4.78 is 5.37. The quantitative estimate of drug-likeness (QED) is 0.538. The highest BCUT2D eigenvalue weighted by Gasteiger charge is 2.44. The zero-order valence-electron chi connectivity index (χ0n) is 8.23. The number of ether oxygens (including phenoxy) is 1. The highest BCUT2D eigenvalue weighted by molar-refractivity contribution is 5.10. The summed E-state index contributed by atoms with van der Waals surface area (Å²) >= 11 is 0. The predicted octanol–water partition coefficient (Wildman–Crippen LogP) is -1.19. The summed E-state index contributed by atoms with van der Waals surface area (Å²) in [5.74, 6) is 0. The second-order valence-corrected chi connectivity index (χ2v) is 3.70. The van der Waals surface area contributed by atoms with E-state index in [-0.39, 0.29) is 6.61 Å². The Hall–Kier alpha value is -0.880. The summed E-state index contributed by atoms with van der Waals surface area (Å²) in [4.78, 5) is 1.78. The number of rotatable bonds is 2. The molecule has 4 atom stereocenters. The van der Waals surface area contributed by atoms with Crippen LogP contribution in [-0.2, 0) is 4.74 Å². The Morgan fingerprint density at radius 2 is 2.07 bits per heavy atom. The van der Waals surface area contributed by atoms with Gasteiger partial charge in [-0.15, -0.1) is 0 Å². The molecule has 2 aliphatic rings. The summed E-state index contributed by atoms with van der Waals surface area (Å²) in [5.41, 5.74) is 0. The standard InChI is InChI=1S/C10H15NO4/c12-6-7-8(13)9(14)10(15-7)11-4-2-1-3-5-11/h1-4,7-10,12-14H,5-6H2. The van der Waals surface area contributed by atoms with E-state index in [2.05, 4.69) is 0 Å². The molecule has 2 aliphatic heterocycles. The van der Waals surface area contributed by atoms with Gasteiger partial charge in [-0.05, 0) is 6.08 Å². The van der Waals surface area contributed by atoms with E-state index in [1.54, 1.807) is 11.1 Å². The van der Waals surface area contributed by atoms with Gasteiger partial charge in [0.15, 0.2) is 6.23 Å². The molecule has 0 saturated carbocycles. The van der Waals surface area contributed by atoms with Crippen LogP contribution in [0.15, 0.2) is 24.4 Å². The average Bonchev–Trinajstić information content (AvgIpc) is 2.57. The number of nitrogens with zero attached hydrogens (tertiary/aromatic N) is 1. The fraction of sp³-hybridized carbons (Fsp3) is 0.600. The van der Waals surface area contributed by atoms with Crippen LogP contribution in [0.4, 0.5) is 0 Å². The van der Waals surface area contributed by atoms with Gasteiger partial charge in [-0.1, -0.05) is 12.2 Å². The maximum absolute atomic E-state index is 9.73. The number of aliphatic hydroxyl groups is 3. The topological polar surface area (TPSA) is 73.2 Å². The van der Waals surface area contributed by atoms with Crippen molar-refractivity contribution >= 4 is 0 Å². The van der Waals surface area contributed by atoms with Gasteiger partial charge < -0.3 is 25.0 Å². The van der Waals surface area contributed by atoms with E-state index in [0.29, 0.717) is 6.54 Å². The Labute approximate surface area is 87.9 Å². The lowest BCUT2D eigenvalue weighted by Gasteiger charge is -2.29. The van der Waals surface area contributed by atoms with E-state index in [9.17, 15) is 10.2 Å². The van der Waals surface area contributed by atoms with Crippen molar-refractivity contribution in [2.75, 3.05) is 13.2 Å². The Morgan fingerprint density at radius 3 is 2.60 bits per heavy atom. The van der Waals surface area contributed by atoms with Gasteiger partial charge in [-0.25, -0.2) is 0 Å². The summed E-state index contributed by atoms with van der Waals surface area (Å²) in [6.07, 6.45) is 4.14. The van der Waals surface area contributed by atoms with Crippen molar-refractivity contribution in [2.24, 2.45) is 0 Å². The fourth-order valence-corrected chi connectivity index (χ4v) is 1.83. The molecule has 5 heteroatoms. The van der Waals surface area contributed by atoms with Gasteiger partial charge in [-0.3, -0.25) is 0 Å². The molecule has 0 radical (unpaired) electrons. The van der Waals surface area contributed by atoms with Crippen LogP contribution >= 0.6 is 0 Å². The van der Waals surface area contributed by atoms with Crippen LogP contribution in [0.5, 0.6) is 0 Å². The molecule has 5 nitrogen and oxygen atoms in total. The molecule has 0 aliphatic carbocycles. The van der Waals surface area contributed by atoms with Crippen LogP contribution in [0.3, 0.4) is 0 Å². The first-order valence-electron chi connectivity index (χ1n) is 4.95. The SMILES string of the molecule is OCC1OC(N2C=CC=CC2)C(O)C1O. The lowest BCUT2D eigenvalue weighted by Crippen LogP contribution is -2.42. The fourth-order valence-electron chi connectivity index (χ4n) is 1.83. The van der Waals surface area contributed by atoms with E-state index in [4.69, 9.17) is 9.84 Å². The maximum Gasteiger partial charge on any atom is 0.159 e. The van der Waals surface area contributed by atoms with Crippen LogP contribution in [0, 0.1) is 0 Å². The van der Waals surface area contributed by atoms with Crippen molar-refractivity contribution in [1.29, 1.82) is 0 Å². The van der Waals surface area contributed by atoms with Crippen LogP contribution in [0.25, 0.3) is 0 Å². The van der Waals surface area contributed by atoms with E-state index < -0.39 is 24.5 Å². The zero-order valence-corrected chi connectivity index (χ0v) is 8.23. The van der Waals surface area contributed by atoms with Crippen LogP contribution in [0.1, 0.15) is 0 Å². The minimum atomic E-state index is -1.03. The van der Waals surface area contributed by atoms with Crippen molar-refractivity contribution in [3.05, 3.63) is 24.4 Å². The minimum Gasteiger partial charge on any atom is -0.394 e. The van der Waals surface area contributed by atoms with Gasteiger partial charge >= 0.3 is 0 Å². The predicted molar refractivity (Wildman–Crippen MR) is 52.7 cm³/mol. The van der Waals surface area contributed by atoms with Crippen molar-refractivity contribution in [3.63, 3.8) is 0 Å². The molecule has 0 amide bonds. The molecule has 2 rings (SSSR count). The van der Waals surface area contributed by atoms with Crippen molar-refractivity contribution in [3.8, 4) is 0 Å². The highest BCUT2D eigenvalue weighted by atomic mass is 16.6. The Morgan fingerprint density at radius 1 is 1.27 bits per heavy atom. The molecule has 3 N–H and O–H groups in total. The Kier molecular flexibility index (Phi) is 3.06. The first kappa shape index (κ1) is 10.6. The number of allylic oxidation sites excluding steroid dienone is 2. The molecule has 15 heavy (non-hydrogen) atoms. The van der Waals surface area contributed by atoms with E-state index >= 15 is 0 Å². The summed E-state index contributed by atoms with van der Waals surface area (Å²) in [5, 5.41) is 28.2. The second-order valence-electron chi connectivity index (χ2n) is 3.70. The lowest BCUT2D eigenvalue weighted by atomic mass is 10.1. The van der Waals surface area contributed by atoms with Crippen LogP contribution < -0.4 is 0 Å². The summed E-state index contributed by atoms with van der Waals surface area (Å²) in [6.45, 7) is 0.339. The largest absolute Gasteiger partial charge is 0.394 e. The van der Waals surface area contributed by atoms with Crippen molar-refractivity contribution in [2.45, 2.75) is 24.5 Å². The van der Waals surface area contributed by atoms with Crippen LogP contribution in [0.2, 0.25) is 0 Å². The first-order chi connectivity index (χ1) is 7.24. The minimum absolute atomic E-state index is 0.290. The monoisotopic (exact) mass is 213 g/mol. The summed E-state index contributed by atoms with van der Waals surface area (Å²) in [6, 6.07) is 0. The van der Waals surface area contributed by atoms with Crippen molar-refractivity contribution in [1.82, 2.24) is 4.90 Å². The molecular weight excluding hydrogens is 198 g/mol. The van der Waals surface area contributed by atoms with Gasteiger partial charge in [0.2, 0.25) is 0 Å². The van der Waals surface area contributed by atoms with E-state index in [0.717, 1.165) is 0 Å². The third-order valence-electron chi connectivity index (χ3n) is 2.68. The van der Waals surface area contributed by atoms with E-state index in [1.807, 2.05) is 18.2 Å². The van der Waals surface area contributed by atoms with Gasteiger partial charge in [0.25, 0.3) is 0 Å². The normalized spacial score (nSPS) is 40.1. The number of aliphatic hydroxyl groups excluding tert-OH is 3. The first-order valence-corrected chi connectivity index (χ1v) is 4.95. The van der Waals surface area contributed by atoms with Gasteiger partial charge in [0.1, 0.15) is 18.3 Å². The Bertz CT molecular complexity index is 279. The molecule has 0 spiro atoms. The molecule has 0 bridgehead atoms. The maximum atomic E-state index is 9.73. The molecule has 0 aromatic rings.